The van der Waals surface area contributed by atoms with Crippen molar-refractivity contribution in [1.82, 2.24) is 4.83 Å². The van der Waals surface area contributed by atoms with E-state index in [1.165, 1.54) is 18.3 Å². The van der Waals surface area contributed by atoms with E-state index >= 15 is 0 Å². The molecule has 0 radical (unpaired) electrons. The van der Waals surface area contributed by atoms with Gasteiger partial charge in [-0.2, -0.15) is 13.5 Å². The number of aryl methyl sites for hydroxylation is 1. The fourth-order valence-corrected chi connectivity index (χ4v) is 3.07. The van der Waals surface area contributed by atoms with Gasteiger partial charge in [0.25, 0.3) is 10.0 Å². The van der Waals surface area contributed by atoms with Gasteiger partial charge in [0.1, 0.15) is 0 Å². The molecule has 0 aliphatic heterocycles. The van der Waals surface area contributed by atoms with Gasteiger partial charge in [-0.3, -0.25) is 0 Å². The van der Waals surface area contributed by atoms with Crippen molar-refractivity contribution in [2.24, 2.45) is 5.10 Å². The molecule has 6 nitrogen and oxygen atoms in total. The van der Waals surface area contributed by atoms with Gasteiger partial charge in [0.2, 0.25) is 0 Å². The highest BCUT2D eigenvalue weighted by Crippen LogP contribution is 2.31. The summed E-state index contributed by atoms with van der Waals surface area (Å²) >= 11 is 0. The van der Waals surface area contributed by atoms with Crippen LogP contribution in [0.25, 0.3) is 0 Å². The van der Waals surface area contributed by atoms with E-state index in [4.69, 9.17) is 4.74 Å². The lowest BCUT2D eigenvalue weighted by Gasteiger charge is -2.11. The average Bonchev–Trinajstić information content (AvgIpc) is 2.59. The van der Waals surface area contributed by atoms with Crippen molar-refractivity contribution in [1.29, 1.82) is 0 Å². The Morgan fingerprint density at radius 3 is 2.58 bits per heavy atom. The fraction of sp³-hybridized carbons (Fsp3) is 0.211. The van der Waals surface area contributed by atoms with Gasteiger partial charge in [0.15, 0.2) is 11.5 Å². The number of hydrazone groups is 1. The molecule has 2 aromatic carbocycles. The van der Waals surface area contributed by atoms with E-state index < -0.39 is 10.0 Å². The Balaban J connectivity index is 2.23. The van der Waals surface area contributed by atoms with Crippen molar-refractivity contribution < 1.29 is 18.3 Å². The van der Waals surface area contributed by atoms with Crippen LogP contribution in [0.4, 0.5) is 0 Å². The number of benzene rings is 2. The van der Waals surface area contributed by atoms with Gasteiger partial charge >= 0.3 is 0 Å². The first-order valence-electron chi connectivity index (χ1n) is 8.08. The van der Waals surface area contributed by atoms with E-state index in [1.807, 2.05) is 13.8 Å². The highest BCUT2D eigenvalue weighted by molar-refractivity contribution is 7.89. The molecular formula is C19H22N2O4S. The Hall–Kier alpha value is -2.80. The minimum atomic E-state index is -3.74. The number of phenolic OH excluding ortho intramolecular Hbond substituents is 1. The predicted octanol–water partition coefficient (Wildman–Crippen LogP) is 3.14. The lowest BCUT2D eigenvalue weighted by molar-refractivity contribution is 0.317. The van der Waals surface area contributed by atoms with E-state index in [2.05, 4.69) is 16.5 Å². The van der Waals surface area contributed by atoms with Crippen molar-refractivity contribution in [3.8, 4) is 11.5 Å². The van der Waals surface area contributed by atoms with Gasteiger partial charge in [-0.05, 0) is 50.1 Å². The molecule has 0 unspecified atom stereocenters. The van der Waals surface area contributed by atoms with Crippen LogP contribution in [-0.2, 0) is 16.4 Å². The quantitative estimate of drug-likeness (QED) is 0.422. The Morgan fingerprint density at radius 2 is 1.96 bits per heavy atom. The summed E-state index contributed by atoms with van der Waals surface area (Å²) < 4.78 is 29.9. The number of allylic oxidation sites excluding steroid dienone is 1. The summed E-state index contributed by atoms with van der Waals surface area (Å²) in [5, 5.41) is 14.0. The maximum absolute atomic E-state index is 12.2. The molecule has 0 aromatic heterocycles. The van der Waals surface area contributed by atoms with Crippen LogP contribution in [0.1, 0.15) is 23.6 Å². The molecule has 2 aromatic rings. The van der Waals surface area contributed by atoms with Crippen molar-refractivity contribution in [2.75, 3.05) is 6.61 Å². The molecule has 0 atom stereocenters. The molecule has 7 heteroatoms. The summed E-state index contributed by atoms with van der Waals surface area (Å²) in [4.78, 5) is 2.31. The van der Waals surface area contributed by atoms with Gasteiger partial charge in [0.05, 0.1) is 17.7 Å². The summed E-state index contributed by atoms with van der Waals surface area (Å²) in [6, 6.07) is 9.76. The van der Waals surface area contributed by atoms with Gasteiger partial charge in [-0.1, -0.05) is 23.8 Å². The number of aromatic hydroxyl groups is 1. The van der Waals surface area contributed by atoms with Gasteiger partial charge in [-0.15, -0.1) is 6.58 Å². The van der Waals surface area contributed by atoms with Crippen LogP contribution in [0.5, 0.6) is 11.5 Å². The standard InChI is InChI=1S/C19H22N2O4S/c1-4-6-16-11-15(12-18(19(16)22)25-5-2)13-20-21-26(23,24)17-9-7-14(3)8-10-17/h4,7-13,21-22H,1,5-6H2,2-3H3. The number of rotatable bonds is 8. The van der Waals surface area contributed by atoms with E-state index in [9.17, 15) is 13.5 Å². The summed E-state index contributed by atoms with van der Waals surface area (Å²) in [6.45, 7) is 7.74. The molecule has 0 amide bonds. The summed E-state index contributed by atoms with van der Waals surface area (Å²) in [7, 11) is -3.74. The first kappa shape index (κ1) is 19.5. The molecule has 26 heavy (non-hydrogen) atoms. The lowest BCUT2D eigenvalue weighted by atomic mass is 10.1. The zero-order valence-electron chi connectivity index (χ0n) is 14.8. The molecule has 0 spiro atoms. The van der Waals surface area contributed by atoms with Gasteiger partial charge in [-0.25, -0.2) is 4.83 Å². The molecule has 2 N–H and O–H groups in total. The predicted molar refractivity (Wildman–Crippen MR) is 102 cm³/mol. The SMILES string of the molecule is C=CCc1cc(C=NNS(=O)(=O)c2ccc(C)cc2)cc(OCC)c1O. The number of hydrogen-bond donors (Lipinski definition) is 2. The minimum Gasteiger partial charge on any atom is -0.504 e. The monoisotopic (exact) mass is 374 g/mol. The van der Waals surface area contributed by atoms with E-state index in [0.717, 1.165) is 5.56 Å². The molecule has 0 fully saturated rings. The molecule has 0 heterocycles. The van der Waals surface area contributed by atoms with Crippen LogP contribution < -0.4 is 9.57 Å². The summed E-state index contributed by atoms with van der Waals surface area (Å²) in [5.74, 6) is 0.360. The second-order valence-corrected chi connectivity index (χ2v) is 7.28. The molecule has 0 aliphatic rings. The van der Waals surface area contributed by atoms with Crippen molar-refractivity contribution >= 4 is 16.2 Å². The van der Waals surface area contributed by atoms with Crippen LogP contribution in [-0.4, -0.2) is 26.3 Å². The van der Waals surface area contributed by atoms with E-state index in [-0.39, 0.29) is 10.6 Å². The molecule has 0 saturated carbocycles. The Morgan fingerprint density at radius 1 is 1.27 bits per heavy atom. The molecule has 2 rings (SSSR count). The maximum Gasteiger partial charge on any atom is 0.276 e. The van der Waals surface area contributed by atoms with Crippen molar-refractivity contribution in [3.63, 3.8) is 0 Å². The van der Waals surface area contributed by atoms with Crippen LogP contribution >= 0.6 is 0 Å². The Bertz CT molecular complexity index is 904. The molecule has 0 aliphatic carbocycles. The third kappa shape index (κ3) is 4.86. The second kappa shape index (κ2) is 8.53. The molecular weight excluding hydrogens is 352 g/mol. The number of phenols is 1. The number of ether oxygens (including phenoxy) is 1. The van der Waals surface area contributed by atoms with E-state index in [1.54, 1.807) is 30.3 Å². The number of hydrogen-bond acceptors (Lipinski definition) is 5. The van der Waals surface area contributed by atoms with Crippen LogP contribution in [0.3, 0.4) is 0 Å². The average molecular weight is 374 g/mol. The molecule has 138 valence electrons. The first-order valence-corrected chi connectivity index (χ1v) is 9.56. The first-order chi connectivity index (χ1) is 12.4. The van der Waals surface area contributed by atoms with Crippen LogP contribution in [0.2, 0.25) is 0 Å². The molecule has 0 bridgehead atoms. The van der Waals surface area contributed by atoms with E-state index in [0.29, 0.717) is 29.9 Å². The minimum absolute atomic E-state index is 0.0455. The third-order valence-electron chi connectivity index (χ3n) is 3.56. The second-order valence-electron chi connectivity index (χ2n) is 5.62. The summed E-state index contributed by atoms with van der Waals surface area (Å²) in [5.41, 5.74) is 2.18. The smallest absolute Gasteiger partial charge is 0.276 e. The number of nitrogens with zero attached hydrogens (tertiary/aromatic N) is 1. The largest absolute Gasteiger partial charge is 0.504 e. The lowest BCUT2D eigenvalue weighted by Crippen LogP contribution is -2.18. The molecule has 0 saturated heterocycles. The topological polar surface area (TPSA) is 88.0 Å². The Labute approximate surface area is 153 Å². The normalized spacial score (nSPS) is 11.5. The van der Waals surface area contributed by atoms with Crippen LogP contribution in [0, 0.1) is 6.92 Å². The summed E-state index contributed by atoms with van der Waals surface area (Å²) in [6.07, 6.45) is 3.47. The third-order valence-corrected chi connectivity index (χ3v) is 4.80. The fourth-order valence-electron chi connectivity index (χ4n) is 2.28. The highest BCUT2D eigenvalue weighted by atomic mass is 32.2. The highest BCUT2D eigenvalue weighted by Gasteiger charge is 2.12. The zero-order chi connectivity index (χ0) is 19.2. The van der Waals surface area contributed by atoms with Gasteiger partial charge in [0, 0.05) is 5.56 Å². The maximum atomic E-state index is 12.2. The van der Waals surface area contributed by atoms with Crippen molar-refractivity contribution in [2.45, 2.75) is 25.2 Å². The zero-order valence-corrected chi connectivity index (χ0v) is 15.6. The van der Waals surface area contributed by atoms with Gasteiger partial charge < -0.3 is 9.84 Å². The Kier molecular flexibility index (Phi) is 6.41. The number of sulfonamides is 1. The number of nitrogens with one attached hydrogen (secondary N) is 1. The van der Waals surface area contributed by atoms with Crippen LogP contribution in [0.15, 0.2) is 59.1 Å². The van der Waals surface area contributed by atoms with Crippen molar-refractivity contribution in [3.05, 3.63) is 65.7 Å².